The molecule has 0 aliphatic heterocycles. The molecule has 0 fully saturated rings. The molecule has 3 nitrogen and oxygen atoms in total. The summed E-state index contributed by atoms with van der Waals surface area (Å²) in [5.41, 5.74) is 5.90. The van der Waals surface area contributed by atoms with E-state index < -0.39 is 79.1 Å². The molecule has 1 atom stereocenters. The number of hydrogen-bond acceptors (Lipinski definition) is 3. The van der Waals surface area contributed by atoms with Crippen LogP contribution in [-0.4, -0.2) is 66.3 Å². The maximum Gasteiger partial charge on any atom is 0.460 e. The monoisotopic (exact) mass is 625 g/mol. The quantitative estimate of drug-likeness (QED) is 0.148. The number of benzene rings is 1. The molecule has 1 aromatic carbocycles. The van der Waals surface area contributed by atoms with Crippen LogP contribution in [0.1, 0.15) is 18.4 Å². The van der Waals surface area contributed by atoms with Crippen molar-refractivity contribution in [2.45, 2.75) is 72.9 Å². The summed E-state index contributed by atoms with van der Waals surface area (Å²) in [5, 5.41) is 0. The van der Waals surface area contributed by atoms with Gasteiger partial charge in [-0.15, -0.1) is 0 Å². The molecule has 20 heteroatoms. The first-order valence-corrected chi connectivity index (χ1v) is 10.3. The minimum Gasteiger partial charge on any atom is -0.465 e. The first kappa shape index (κ1) is 35.5. The number of carbonyl (C=O) groups is 1. The Labute approximate surface area is 212 Å². The molecule has 0 saturated carbocycles. The topological polar surface area (TPSA) is 52.3 Å². The predicted molar refractivity (Wildman–Crippen MR) is 99.0 cm³/mol. The average molecular weight is 625 g/mol. The normalized spacial score (nSPS) is 15.7. The van der Waals surface area contributed by atoms with Gasteiger partial charge in [-0.3, -0.25) is 4.79 Å². The number of ether oxygens (including phenoxy) is 1. The standard InChI is InChI=1S/C20H16F17NO2/c21-13(22,7-4-8-40-12(39)11(38)9-10-5-2-1-3-6-10)14(23,24)15(25,26)16(27,28)17(29,30)18(31,32)19(33,34)20(35,36)37/h1-3,5-6,11H,4,7-9,38H2/t11-/m0/s1. The molecule has 0 unspecified atom stereocenters. The van der Waals surface area contributed by atoms with Crippen molar-refractivity contribution in [3.63, 3.8) is 0 Å². The largest absolute Gasteiger partial charge is 0.465 e. The number of halogens is 17. The molecule has 0 aliphatic rings. The van der Waals surface area contributed by atoms with Gasteiger partial charge in [-0.1, -0.05) is 30.3 Å². The first-order valence-electron chi connectivity index (χ1n) is 10.3. The number of alkyl halides is 17. The summed E-state index contributed by atoms with van der Waals surface area (Å²) in [4.78, 5) is 11.7. The maximum absolute atomic E-state index is 13.8. The highest BCUT2D eigenvalue weighted by Crippen LogP contribution is 2.64. The van der Waals surface area contributed by atoms with E-state index in [1.165, 1.54) is 24.3 Å². The number of hydrogen-bond donors (Lipinski definition) is 1. The Morgan fingerprint density at radius 2 is 1.05 bits per heavy atom. The number of nitrogens with two attached hydrogens (primary N) is 1. The Kier molecular flexibility index (Phi) is 9.79. The molecule has 232 valence electrons. The second-order valence-corrected chi connectivity index (χ2v) is 8.22. The van der Waals surface area contributed by atoms with Gasteiger partial charge in [0.25, 0.3) is 0 Å². The van der Waals surface area contributed by atoms with Crippen molar-refractivity contribution < 1.29 is 84.2 Å². The molecule has 0 bridgehead atoms. The van der Waals surface area contributed by atoms with E-state index in [1.54, 1.807) is 6.07 Å². The van der Waals surface area contributed by atoms with Crippen LogP contribution < -0.4 is 5.73 Å². The Morgan fingerprint density at radius 1 is 0.650 bits per heavy atom. The second-order valence-electron chi connectivity index (χ2n) is 8.22. The zero-order valence-electron chi connectivity index (χ0n) is 19.1. The van der Waals surface area contributed by atoms with E-state index in [2.05, 4.69) is 4.74 Å². The molecule has 40 heavy (non-hydrogen) atoms. The smallest absolute Gasteiger partial charge is 0.460 e. The lowest BCUT2D eigenvalue weighted by atomic mass is 9.88. The van der Waals surface area contributed by atoms with Gasteiger partial charge in [0.05, 0.1) is 6.61 Å². The van der Waals surface area contributed by atoms with Gasteiger partial charge in [0, 0.05) is 6.42 Å². The van der Waals surface area contributed by atoms with Crippen LogP contribution in [-0.2, 0) is 16.0 Å². The van der Waals surface area contributed by atoms with E-state index in [-0.39, 0.29) is 6.42 Å². The van der Waals surface area contributed by atoms with Gasteiger partial charge in [0.1, 0.15) is 6.04 Å². The molecule has 0 radical (unpaired) electrons. The van der Waals surface area contributed by atoms with Crippen molar-refractivity contribution in [1.82, 2.24) is 0 Å². The maximum atomic E-state index is 13.8. The minimum atomic E-state index is -8.67. The number of carbonyl (C=O) groups excluding carboxylic acids is 1. The van der Waals surface area contributed by atoms with Crippen LogP contribution in [0.25, 0.3) is 0 Å². The van der Waals surface area contributed by atoms with E-state index >= 15 is 0 Å². The van der Waals surface area contributed by atoms with E-state index in [9.17, 15) is 79.4 Å². The van der Waals surface area contributed by atoms with E-state index in [0.717, 1.165) is 0 Å². The lowest BCUT2D eigenvalue weighted by Gasteiger charge is -2.42. The van der Waals surface area contributed by atoms with E-state index in [1.807, 2.05) is 0 Å². The van der Waals surface area contributed by atoms with E-state index in [0.29, 0.717) is 5.56 Å². The molecule has 0 saturated heterocycles. The fraction of sp³-hybridized carbons (Fsp3) is 0.650. The first-order chi connectivity index (χ1) is 17.6. The fourth-order valence-corrected chi connectivity index (χ4v) is 2.88. The van der Waals surface area contributed by atoms with Crippen molar-refractivity contribution >= 4 is 5.97 Å². The molecule has 0 amide bonds. The SMILES string of the molecule is N[C@@H](Cc1ccccc1)C(=O)OCCCC(F)(F)C(F)(F)C(F)(F)C(F)(F)C(F)(F)C(F)(F)C(F)(F)C(F)(F)F. The summed E-state index contributed by atoms with van der Waals surface area (Å²) in [6.45, 7) is -1.33. The van der Waals surface area contributed by atoms with Crippen LogP contribution in [0.4, 0.5) is 74.6 Å². The molecular weight excluding hydrogens is 609 g/mol. The molecule has 0 heterocycles. The predicted octanol–water partition coefficient (Wildman–Crippen LogP) is 6.89. The highest BCUT2D eigenvalue weighted by Gasteiger charge is 2.95. The van der Waals surface area contributed by atoms with Gasteiger partial charge in [0.15, 0.2) is 0 Å². The molecule has 1 aromatic rings. The summed E-state index contributed by atoms with van der Waals surface area (Å²) >= 11 is 0. The minimum absolute atomic E-state index is 0.207. The van der Waals surface area contributed by atoms with E-state index in [4.69, 9.17) is 5.73 Å². The van der Waals surface area contributed by atoms with Crippen molar-refractivity contribution in [3.05, 3.63) is 35.9 Å². The van der Waals surface area contributed by atoms with Crippen molar-refractivity contribution in [3.8, 4) is 0 Å². The second kappa shape index (κ2) is 11.0. The van der Waals surface area contributed by atoms with Gasteiger partial charge in [0.2, 0.25) is 0 Å². The van der Waals surface area contributed by atoms with Crippen LogP contribution in [0.2, 0.25) is 0 Å². The van der Waals surface area contributed by atoms with Crippen LogP contribution in [0.15, 0.2) is 30.3 Å². The lowest BCUT2D eigenvalue weighted by molar-refractivity contribution is -0.461. The number of rotatable bonds is 13. The number of esters is 1. The summed E-state index contributed by atoms with van der Waals surface area (Å²) in [5.74, 6) is -58.1. The molecule has 2 N–H and O–H groups in total. The Balaban J connectivity index is 3.07. The summed E-state index contributed by atoms with van der Waals surface area (Å²) in [6, 6.07) is 6.10. The zero-order chi connectivity index (χ0) is 31.8. The van der Waals surface area contributed by atoms with Gasteiger partial charge >= 0.3 is 53.6 Å². The summed E-state index contributed by atoms with van der Waals surface area (Å²) in [6.07, 6.45) is -12.3. The fourth-order valence-electron chi connectivity index (χ4n) is 2.88. The van der Waals surface area contributed by atoms with Gasteiger partial charge in [-0.25, -0.2) is 0 Å². The third kappa shape index (κ3) is 5.90. The van der Waals surface area contributed by atoms with Crippen LogP contribution in [0.5, 0.6) is 0 Å². The third-order valence-electron chi connectivity index (χ3n) is 5.27. The van der Waals surface area contributed by atoms with Gasteiger partial charge in [-0.2, -0.15) is 74.6 Å². The highest BCUT2D eigenvalue weighted by molar-refractivity contribution is 5.75. The van der Waals surface area contributed by atoms with Crippen molar-refractivity contribution in [1.29, 1.82) is 0 Å². The van der Waals surface area contributed by atoms with Crippen LogP contribution >= 0.6 is 0 Å². The Hall–Kier alpha value is -2.54. The highest BCUT2D eigenvalue weighted by atomic mass is 19.4. The lowest BCUT2D eigenvalue weighted by Crippen LogP contribution is -2.74. The zero-order valence-corrected chi connectivity index (χ0v) is 19.1. The van der Waals surface area contributed by atoms with Gasteiger partial charge < -0.3 is 10.5 Å². The molecule has 0 aliphatic carbocycles. The Bertz CT molecular complexity index is 1010. The molecule has 0 spiro atoms. The summed E-state index contributed by atoms with van der Waals surface area (Å²) < 4.78 is 229. The third-order valence-corrected chi connectivity index (χ3v) is 5.27. The van der Waals surface area contributed by atoms with Crippen molar-refractivity contribution in [2.75, 3.05) is 6.61 Å². The van der Waals surface area contributed by atoms with Gasteiger partial charge in [-0.05, 0) is 18.4 Å². The van der Waals surface area contributed by atoms with Crippen LogP contribution in [0, 0.1) is 0 Å². The molecule has 1 rings (SSSR count). The average Bonchev–Trinajstić information content (AvgIpc) is 2.80. The summed E-state index contributed by atoms with van der Waals surface area (Å²) in [7, 11) is 0. The Morgan fingerprint density at radius 3 is 1.48 bits per heavy atom. The molecule has 0 aromatic heterocycles. The van der Waals surface area contributed by atoms with Crippen molar-refractivity contribution in [2.24, 2.45) is 5.73 Å². The van der Waals surface area contributed by atoms with Crippen LogP contribution in [0.3, 0.4) is 0 Å². The molecular formula is C20H16F17NO2.